The van der Waals surface area contributed by atoms with Crippen LogP contribution in [0, 0.1) is 5.82 Å². The lowest BCUT2D eigenvalue weighted by Gasteiger charge is -2.39. The number of halogens is 2. The number of nitrogens with zero attached hydrogens (tertiary/aromatic N) is 4. The second kappa shape index (κ2) is 8.42. The summed E-state index contributed by atoms with van der Waals surface area (Å²) < 4.78 is 14.6. The lowest BCUT2D eigenvalue weighted by Crippen LogP contribution is -2.52. The molecule has 8 heteroatoms. The van der Waals surface area contributed by atoms with Gasteiger partial charge in [-0.25, -0.2) is 19.2 Å². The van der Waals surface area contributed by atoms with E-state index in [2.05, 4.69) is 20.2 Å². The highest BCUT2D eigenvalue weighted by Crippen LogP contribution is 2.31. The molecule has 0 spiro atoms. The number of hydrogen-bond acceptors (Lipinski definition) is 4. The van der Waals surface area contributed by atoms with Crippen molar-refractivity contribution < 1.29 is 9.18 Å². The second-order valence-electron chi connectivity index (χ2n) is 6.10. The predicted molar refractivity (Wildman–Crippen MR) is 97.5 cm³/mol. The van der Waals surface area contributed by atoms with Gasteiger partial charge in [-0.1, -0.05) is 17.7 Å². The summed E-state index contributed by atoms with van der Waals surface area (Å²) in [7, 11) is 0. The Morgan fingerprint density at radius 1 is 1.27 bits per heavy atom. The van der Waals surface area contributed by atoms with Gasteiger partial charge in [-0.3, -0.25) is 4.90 Å². The summed E-state index contributed by atoms with van der Waals surface area (Å²) in [5.41, 5.74) is 1.33. The molecule has 1 aromatic carbocycles. The van der Waals surface area contributed by atoms with E-state index in [-0.39, 0.29) is 17.9 Å². The van der Waals surface area contributed by atoms with Crippen LogP contribution < -0.4 is 5.32 Å². The monoisotopic (exact) mass is 377 g/mol. The molecule has 0 bridgehead atoms. The first-order valence-corrected chi connectivity index (χ1v) is 8.94. The van der Waals surface area contributed by atoms with E-state index in [0.717, 1.165) is 5.56 Å². The van der Waals surface area contributed by atoms with Crippen molar-refractivity contribution in [1.82, 2.24) is 25.1 Å². The average Bonchev–Trinajstić information content (AvgIpc) is 2.65. The first kappa shape index (κ1) is 18.5. The van der Waals surface area contributed by atoms with Crippen molar-refractivity contribution in [2.75, 3.05) is 32.7 Å². The molecule has 26 heavy (non-hydrogen) atoms. The molecular formula is C18H21ClFN5O. The van der Waals surface area contributed by atoms with Gasteiger partial charge in [0.05, 0.1) is 6.04 Å². The minimum atomic E-state index is -0.363. The van der Waals surface area contributed by atoms with Crippen LogP contribution in [-0.4, -0.2) is 58.5 Å². The number of piperazine rings is 1. The first-order chi connectivity index (χ1) is 12.6. The molecule has 0 saturated carbocycles. The summed E-state index contributed by atoms with van der Waals surface area (Å²) in [6, 6.07) is 4.31. The van der Waals surface area contributed by atoms with Gasteiger partial charge in [0.2, 0.25) is 0 Å². The summed E-state index contributed by atoms with van der Waals surface area (Å²) >= 11 is 5.91. The summed E-state index contributed by atoms with van der Waals surface area (Å²) in [5.74, 6) is -0.363. The smallest absolute Gasteiger partial charge is 0.317 e. The van der Waals surface area contributed by atoms with Crippen LogP contribution in [0.15, 0.2) is 36.9 Å². The molecule has 3 rings (SSSR count). The standard InChI is InChI=1S/C18H21ClFN5O/c1-2-23-18(26)25-7-5-24(6-8-25)17(13-10-21-12-22-11-13)15-4-3-14(19)9-16(15)20/h3-4,9-12,17H,2,5-8H2,1H3,(H,23,26). The van der Waals surface area contributed by atoms with Crippen LogP contribution in [0.4, 0.5) is 9.18 Å². The van der Waals surface area contributed by atoms with Gasteiger partial charge in [-0.2, -0.15) is 0 Å². The van der Waals surface area contributed by atoms with E-state index in [1.54, 1.807) is 29.4 Å². The Morgan fingerprint density at radius 3 is 2.58 bits per heavy atom. The highest BCUT2D eigenvalue weighted by molar-refractivity contribution is 6.30. The lowest BCUT2D eigenvalue weighted by molar-refractivity contribution is 0.119. The molecule has 6 nitrogen and oxygen atoms in total. The molecule has 1 fully saturated rings. The molecule has 2 amide bonds. The molecular weight excluding hydrogens is 357 g/mol. The topological polar surface area (TPSA) is 61.4 Å². The quantitative estimate of drug-likeness (QED) is 0.890. The third-order valence-corrected chi connectivity index (χ3v) is 4.68. The Morgan fingerprint density at radius 2 is 1.96 bits per heavy atom. The summed E-state index contributed by atoms with van der Waals surface area (Å²) in [4.78, 5) is 24.1. The molecule has 1 unspecified atom stereocenters. The van der Waals surface area contributed by atoms with Crippen LogP contribution in [0.3, 0.4) is 0 Å². The molecule has 1 atom stereocenters. The third-order valence-electron chi connectivity index (χ3n) is 4.45. The minimum Gasteiger partial charge on any atom is -0.338 e. The van der Waals surface area contributed by atoms with Gasteiger partial charge >= 0.3 is 6.03 Å². The van der Waals surface area contributed by atoms with Gasteiger partial charge in [0.1, 0.15) is 12.1 Å². The van der Waals surface area contributed by atoms with E-state index < -0.39 is 0 Å². The first-order valence-electron chi connectivity index (χ1n) is 8.56. The zero-order valence-corrected chi connectivity index (χ0v) is 15.3. The number of urea groups is 1. The van der Waals surface area contributed by atoms with E-state index >= 15 is 0 Å². The molecule has 1 aliphatic rings. The van der Waals surface area contributed by atoms with Gasteiger partial charge in [0, 0.05) is 61.3 Å². The Balaban J connectivity index is 1.85. The van der Waals surface area contributed by atoms with Crippen LogP contribution in [0.2, 0.25) is 5.02 Å². The van der Waals surface area contributed by atoms with Gasteiger partial charge < -0.3 is 10.2 Å². The average molecular weight is 378 g/mol. The number of benzene rings is 1. The number of amides is 2. The Kier molecular flexibility index (Phi) is 6.00. The fourth-order valence-corrected chi connectivity index (χ4v) is 3.37. The Bertz CT molecular complexity index is 753. The maximum absolute atomic E-state index is 14.6. The van der Waals surface area contributed by atoms with Crippen molar-refractivity contribution >= 4 is 17.6 Å². The van der Waals surface area contributed by atoms with E-state index in [4.69, 9.17) is 11.6 Å². The van der Waals surface area contributed by atoms with Crippen molar-refractivity contribution in [1.29, 1.82) is 0 Å². The fraction of sp³-hybridized carbons (Fsp3) is 0.389. The molecule has 2 aromatic rings. The lowest BCUT2D eigenvalue weighted by atomic mass is 9.98. The highest BCUT2D eigenvalue weighted by atomic mass is 35.5. The molecule has 1 saturated heterocycles. The SMILES string of the molecule is CCNC(=O)N1CCN(C(c2cncnc2)c2ccc(Cl)cc2F)CC1. The molecule has 2 heterocycles. The predicted octanol–water partition coefficient (Wildman–Crippen LogP) is 2.71. The number of hydrogen-bond donors (Lipinski definition) is 1. The maximum Gasteiger partial charge on any atom is 0.317 e. The molecule has 1 aliphatic heterocycles. The van der Waals surface area contributed by atoms with Crippen molar-refractivity contribution in [3.8, 4) is 0 Å². The van der Waals surface area contributed by atoms with E-state index in [1.165, 1.54) is 12.4 Å². The van der Waals surface area contributed by atoms with E-state index in [1.807, 2.05) is 6.92 Å². The Labute approximate surface area is 157 Å². The Hall–Kier alpha value is -2.25. The van der Waals surface area contributed by atoms with Gasteiger partial charge in [0.25, 0.3) is 0 Å². The van der Waals surface area contributed by atoms with Crippen molar-refractivity contribution in [2.45, 2.75) is 13.0 Å². The number of carbonyl (C=O) groups is 1. The van der Waals surface area contributed by atoms with Crippen LogP contribution >= 0.6 is 11.6 Å². The van der Waals surface area contributed by atoms with Crippen LogP contribution in [0.1, 0.15) is 24.1 Å². The third kappa shape index (κ3) is 4.11. The van der Waals surface area contributed by atoms with Gasteiger partial charge in [-0.15, -0.1) is 0 Å². The van der Waals surface area contributed by atoms with E-state index in [9.17, 15) is 9.18 Å². The minimum absolute atomic E-state index is 0.0654. The molecule has 138 valence electrons. The van der Waals surface area contributed by atoms with E-state index in [0.29, 0.717) is 43.3 Å². The second-order valence-corrected chi connectivity index (χ2v) is 6.54. The summed E-state index contributed by atoms with van der Waals surface area (Å²) in [5, 5.41) is 3.17. The van der Waals surface area contributed by atoms with Gasteiger partial charge in [0.15, 0.2) is 0 Å². The summed E-state index contributed by atoms with van der Waals surface area (Å²) in [6.07, 6.45) is 4.84. The molecule has 1 aromatic heterocycles. The largest absolute Gasteiger partial charge is 0.338 e. The van der Waals surface area contributed by atoms with Gasteiger partial charge in [-0.05, 0) is 19.1 Å². The molecule has 1 N–H and O–H groups in total. The van der Waals surface area contributed by atoms with Crippen molar-refractivity contribution in [3.63, 3.8) is 0 Å². The number of rotatable bonds is 4. The van der Waals surface area contributed by atoms with Crippen molar-refractivity contribution in [2.24, 2.45) is 0 Å². The van der Waals surface area contributed by atoms with Crippen LogP contribution in [-0.2, 0) is 0 Å². The normalized spacial score (nSPS) is 16.3. The number of carbonyl (C=O) groups excluding carboxylic acids is 1. The summed E-state index contributed by atoms with van der Waals surface area (Å²) in [6.45, 7) is 4.88. The van der Waals surface area contributed by atoms with Crippen LogP contribution in [0.5, 0.6) is 0 Å². The molecule has 0 aliphatic carbocycles. The number of nitrogens with one attached hydrogen (secondary N) is 1. The molecule has 0 radical (unpaired) electrons. The number of aromatic nitrogens is 2. The van der Waals surface area contributed by atoms with Crippen LogP contribution in [0.25, 0.3) is 0 Å². The zero-order valence-electron chi connectivity index (χ0n) is 14.5. The fourth-order valence-electron chi connectivity index (χ4n) is 3.21. The zero-order chi connectivity index (χ0) is 18.5. The maximum atomic E-state index is 14.6. The van der Waals surface area contributed by atoms with Crippen molar-refractivity contribution in [3.05, 3.63) is 58.9 Å². The highest BCUT2D eigenvalue weighted by Gasteiger charge is 2.30.